The van der Waals surface area contributed by atoms with E-state index < -0.39 is 0 Å². The molecule has 0 unspecified atom stereocenters. The van der Waals surface area contributed by atoms with Crippen LogP contribution < -0.4 is 10.2 Å². The Kier molecular flexibility index (Phi) is 5.16. The third-order valence-electron chi connectivity index (χ3n) is 5.25. The number of hydrogen-bond acceptors (Lipinski definition) is 3. The second kappa shape index (κ2) is 8.05. The molecule has 28 heavy (non-hydrogen) atoms. The Labute approximate surface area is 164 Å². The van der Waals surface area contributed by atoms with Gasteiger partial charge < -0.3 is 20.1 Å². The van der Waals surface area contributed by atoms with E-state index in [2.05, 4.69) is 33.4 Å². The van der Waals surface area contributed by atoms with Gasteiger partial charge in [-0.3, -0.25) is 0 Å². The van der Waals surface area contributed by atoms with Gasteiger partial charge in [0.15, 0.2) is 0 Å². The van der Waals surface area contributed by atoms with Crippen LogP contribution in [-0.2, 0) is 6.42 Å². The fourth-order valence-electron chi connectivity index (χ4n) is 3.69. The van der Waals surface area contributed by atoms with Gasteiger partial charge in [0.05, 0.1) is 11.6 Å². The molecule has 0 bridgehead atoms. The molecule has 1 aliphatic rings. The molecule has 1 aromatic heterocycles. The van der Waals surface area contributed by atoms with Gasteiger partial charge in [0.25, 0.3) is 0 Å². The zero-order valence-corrected chi connectivity index (χ0v) is 15.7. The summed E-state index contributed by atoms with van der Waals surface area (Å²) in [6, 6.07) is 18.0. The summed E-state index contributed by atoms with van der Waals surface area (Å²) in [5, 5.41) is 13.3. The number of rotatable bonds is 4. The van der Waals surface area contributed by atoms with Crippen LogP contribution in [0.2, 0.25) is 0 Å². The Morgan fingerprint density at radius 1 is 1.11 bits per heavy atom. The van der Waals surface area contributed by atoms with Gasteiger partial charge in [-0.15, -0.1) is 0 Å². The number of H-pyrrole nitrogens is 1. The smallest absolute Gasteiger partial charge is 0.317 e. The lowest BCUT2D eigenvalue weighted by Crippen LogP contribution is -2.52. The Morgan fingerprint density at radius 3 is 2.75 bits per heavy atom. The number of benzene rings is 2. The molecule has 1 aliphatic heterocycles. The largest absolute Gasteiger partial charge is 0.368 e. The van der Waals surface area contributed by atoms with Gasteiger partial charge in [0, 0.05) is 55.5 Å². The number of anilines is 1. The van der Waals surface area contributed by atoms with Crippen LogP contribution in [0.1, 0.15) is 11.1 Å². The minimum Gasteiger partial charge on any atom is -0.368 e. The van der Waals surface area contributed by atoms with Gasteiger partial charge in [-0.2, -0.15) is 5.26 Å². The first-order chi connectivity index (χ1) is 13.7. The first-order valence-electron chi connectivity index (χ1n) is 9.57. The van der Waals surface area contributed by atoms with E-state index in [9.17, 15) is 4.79 Å². The molecule has 2 aromatic carbocycles. The van der Waals surface area contributed by atoms with Crippen molar-refractivity contribution in [1.82, 2.24) is 15.2 Å². The number of urea groups is 1. The number of nitrogens with zero attached hydrogens (tertiary/aromatic N) is 3. The summed E-state index contributed by atoms with van der Waals surface area (Å²) in [5.74, 6) is 0. The predicted molar refractivity (Wildman–Crippen MR) is 110 cm³/mol. The molecular weight excluding hydrogens is 350 g/mol. The number of amides is 2. The van der Waals surface area contributed by atoms with Crippen LogP contribution in [0.15, 0.2) is 54.7 Å². The number of aromatic nitrogens is 1. The number of nitriles is 1. The third kappa shape index (κ3) is 3.79. The molecule has 6 nitrogen and oxygen atoms in total. The molecule has 142 valence electrons. The van der Waals surface area contributed by atoms with Crippen LogP contribution in [0.25, 0.3) is 10.9 Å². The lowest BCUT2D eigenvalue weighted by atomic mass is 10.1. The van der Waals surface area contributed by atoms with Crippen molar-refractivity contribution in [2.24, 2.45) is 0 Å². The number of aromatic amines is 1. The zero-order valence-electron chi connectivity index (χ0n) is 15.7. The molecule has 2 amide bonds. The van der Waals surface area contributed by atoms with Gasteiger partial charge in [0.1, 0.15) is 0 Å². The maximum absolute atomic E-state index is 12.5. The predicted octanol–water partition coefficient (Wildman–Crippen LogP) is 3.11. The molecule has 0 spiro atoms. The van der Waals surface area contributed by atoms with Gasteiger partial charge in [0.2, 0.25) is 0 Å². The number of carbonyl (C=O) groups is 1. The van der Waals surface area contributed by atoms with Crippen molar-refractivity contribution in [3.05, 3.63) is 65.9 Å². The molecule has 1 fully saturated rings. The lowest BCUT2D eigenvalue weighted by molar-refractivity contribution is 0.194. The molecule has 0 atom stereocenters. The highest BCUT2D eigenvalue weighted by Crippen LogP contribution is 2.19. The van der Waals surface area contributed by atoms with Gasteiger partial charge in [-0.05, 0) is 36.2 Å². The van der Waals surface area contributed by atoms with E-state index in [4.69, 9.17) is 5.26 Å². The van der Waals surface area contributed by atoms with E-state index in [0.717, 1.165) is 30.7 Å². The van der Waals surface area contributed by atoms with Crippen molar-refractivity contribution in [2.45, 2.75) is 6.42 Å². The highest BCUT2D eigenvalue weighted by Gasteiger charge is 2.21. The fourth-order valence-corrected chi connectivity index (χ4v) is 3.69. The molecule has 0 radical (unpaired) electrons. The quantitative estimate of drug-likeness (QED) is 0.738. The molecule has 4 rings (SSSR count). The first kappa shape index (κ1) is 17.9. The lowest BCUT2D eigenvalue weighted by Gasteiger charge is -2.36. The van der Waals surface area contributed by atoms with Gasteiger partial charge in [-0.1, -0.05) is 24.3 Å². The average Bonchev–Trinajstić information content (AvgIpc) is 3.17. The Hall–Kier alpha value is -3.46. The Bertz CT molecular complexity index is 1010. The standard InChI is InChI=1S/C22H23N5O/c23-15-17-4-3-5-19(14-17)26-10-12-27(13-11-26)22(28)24-9-8-18-16-25-21-7-2-1-6-20(18)21/h1-7,14,16,25H,8-13H2,(H,24,28). The summed E-state index contributed by atoms with van der Waals surface area (Å²) >= 11 is 0. The second-order valence-electron chi connectivity index (χ2n) is 6.98. The highest BCUT2D eigenvalue weighted by molar-refractivity contribution is 5.83. The van der Waals surface area contributed by atoms with Crippen LogP contribution in [0.4, 0.5) is 10.5 Å². The minimum absolute atomic E-state index is 0.00901. The fraction of sp³-hybridized carbons (Fsp3) is 0.273. The molecule has 2 heterocycles. The molecule has 0 saturated carbocycles. The van der Waals surface area contributed by atoms with Crippen molar-refractivity contribution in [3.8, 4) is 6.07 Å². The molecule has 0 aliphatic carbocycles. The topological polar surface area (TPSA) is 75.2 Å². The molecule has 2 N–H and O–H groups in total. The molecule has 6 heteroatoms. The normalized spacial score (nSPS) is 14.1. The molecule has 3 aromatic rings. The zero-order chi connectivity index (χ0) is 19.3. The van der Waals surface area contributed by atoms with Crippen molar-refractivity contribution < 1.29 is 4.79 Å². The van der Waals surface area contributed by atoms with E-state index in [1.54, 1.807) is 6.07 Å². The maximum Gasteiger partial charge on any atom is 0.317 e. The van der Waals surface area contributed by atoms with Gasteiger partial charge in [-0.25, -0.2) is 4.79 Å². The SMILES string of the molecule is N#Cc1cccc(N2CCN(C(=O)NCCc3c[nH]c4ccccc34)CC2)c1. The van der Waals surface area contributed by atoms with E-state index in [0.29, 0.717) is 25.2 Å². The average molecular weight is 373 g/mol. The second-order valence-corrected chi connectivity index (χ2v) is 6.98. The van der Waals surface area contributed by atoms with E-state index in [1.165, 1.54) is 10.9 Å². The summed E-state index contributed by atoms with van der Waals surface area (Å²) in [6.45, 7) is 3.51. The maximum atomic E-state index is 12.5. The summed E-state index contributed by atoms with van der Waals surface area (Å²) in [5.41, 5.74) is 4.05. The summed E-state index contributed by atoms with van der Waals surface area (Å²) < 4.78 is 0. The van der Waals surface area contributed by atoms with E-state index >= 15 is 0 Å². The number of para-hydroxylation sites is 1. The van der Waals surface area contributed by atoms with Crippen molar-refractivity contribution in [3.63, 3.8) is 0 Å². The number of fused-ring (bicyclic) bond motifs is 1. The summed E-state index contributed by atoms with van der Waals surface area (Å²) in [6.07, 6.45) is 2.82. The highest BCUT2D eigenvalue weighted by atomic mass is 16.2. The van der Waals surface area contributed by atoms with Crippen LogP contribution in [-0.4, -0.2) is 48.6 Å². The third-order valence-corrected chi connectivity index (χ3v) is 5.25. The minimum atomic E-state index is -0.00901. The van der Waals surface area contributed by atoms with Crippen LogP contribution in [0.5, 0.6) is 0 Å². The van der Waals surface area contributed by atoms with Gasteiger partial charge >= 0.3 is 6.03 Å². The van der Waals surface area contributed by atoms with E-state index in [-0.39, 0.29) is 6.03 Å². The Morgan fingerprint density at radius 2 is 1.93 bits per heavy atom. The van der Waals surface area contributed by atoms with Crippen LogP contribution in [0, 0.1) is 11.3 Å². The number of carbonyl (C=O) groups excluding carboxylic acids is 1. The summed E-state index contributed by atoms with van der Waals surface area (Å²) in [7, 11) is 0. The monoisotopic (exact) mass is 373 g/mol. The number of nitrogens with one attached hydrogen (secondary N) is 2. The number of piperazine rings is 1. The first-order valence-corrected chi connectivity index (χ1v) is 9.57. The molecule has 1 saturated heterocycles. The summed E-state index contributed by atoms with van der Waals surface area (Å²) in [4.78, 5) is 19.8. The van der Waals surface area contributed by atoms with Crippen molar-refractivity contribution in [1.29, 1.82) is 5.26 Å². The molecular formula is C22H23N5O. The Balaban J connectivity index is 1.26. The van der Waals surface area contributed by atoms with Crippen LogP contribution in [0.3, 0.4) is 0 Å². The van der Waals surface area contributed by atoms with Crippen molar-refractivity contribution in [2.75, 3.05) is 37.6 Å². The number of hydrogen-bond donors (Lipinski definition) is 2. The van der Waals surface area contributed by atoms with E-state index in [1.807, 2.05) is 41.4 Å². The van der Waals surface area contributed by atoms with Crippen molar-refractivity contribution >= 4 is 22.6 Å². The van der Waals surface area contributed by atoms with Crippen LogP contribution >= 0.6 is 0 Å².